The molecule has 0 N–H and O–H groups in total. The van der Waals surface area contributed by atoms with E-state index in [1.54, 1.807) is 0 Å². The summed E-state index contributed by atoms with van der Waals surface area (Å²) >= 11 is 3.96. The molecule has 0 saturated carbocycles. The average molecular weight is 101 g/mol. The van der Waals surface area contributed by atoms with Gasteiger partial charge in [0.1, 0.15) is 0 Å². The lowest BCUT2D eigenvalue weighted by molar-refractivity contribution is 1.38. The molecule has 0 saturated heterocycles. The van der Waals surface area contributed by atoms with Crippen LogP contribution >= 0.6 is 12.6 Å². The lowest BCUT2D eigenvalue weighted by Gasteiger charge is -1.86. The van der Waals surface area contributed by atoms with E-state index in [0.29, 0.717) is 0 Å². The molecular formula is C5H9S. The maximum absolute atomic E-state index is 3.96. The van der Waals surface area contributed by atoms with Gasteiger partial charge >= 0.3 is 0 Å². The Labute approximate surface area is 44.7 Å². The second kappa shape index (κ2) is 2.30. The normalized spacial score (nSPS) is 8.00. The average Bonchev–Trinajstić information content (AvgIpc) is 1.36. The lowest BCUT2D eigenvalue weighted by Crippen LogP contribution is -1.63. The van der Waals surface area contributed by atoms with E-state index in [1.165, 1.54) is 5.57 Å². The third-order valence-electron chi connectivity index (χ3n) is 0.577. The Balaban J connectivity index is 3.68. The van der Waals surface area contributed by atoms with Crippen LogP contribution in [0, 0.1) is 6.92 Å². The van der Waals surface area contributed by atoms with Crippen LogP contribution < -0.4 is 0 Å². The van der Waals surface area contributed by atoms with E-state index in [-0.39, 0.29) is 0 Å². The Morgan fingerprint density at radius 3 is 1.67 bits per heavy atom. The van der Waals surface area contributed by atoms with Gasteiger partial charge in [-0.25, -0.2) is 0 Å². The molecule has 0 amide bonds. The van der Waals surface area contributed by atoms with Crippen molar-refractivity contribution in [3.8, 4) is 0 Å². The first-order chi connectivity index (χ1) is 2.64. The molecule has 0 heterocycles. The maximum Gasteiger partial charge on any atom is -0.0176 e. The number of hydrogen-bond acceptors (Lipinski definition) is 1. The Kier molecular flexibility index (Phi) is 2.33. The second-order valence-electron chi connectivity index (χ2n) is 1.45. The van der Waals surface area contributed by atoms with Gasteiger partial charge in [0.05, 0.1) is 0 Å². The number of rotatable bonds is 0. The molecule has 0 fully saturated rings. The third kappa shape index (κ3) is 2.33. The van der Waals surface area contributed by atoms with Gasteiger partial charge in [-0.15, -0.1) is 12.6 Å². The van der Waals surface area contributed by atoms with E-state index in [2.05, 4.69) is 19.6 Å². The van der Waals surface area contributed by atoms with Crippen molar-refractivity contribution in [1.82, 2.24) is 0 Å². The summed E-state index contributed by atoms with van der Waals surface area (Å²) in [7, 11) is 0. The molecule has 0 atom stereocenters. The van der Waals surface area contributed by atoms with E-state index in [4.69, 9.17) is 0 Å². The molecule has 0 aliphatic rings. The van der Waals surface area contributed by atoms with Crippen LogP contribution in [-0.4, -0.2) is 0 Å². The zero-order valence-electron chi connectivity index (χ0n) is 4.15. The van der Waals surface area contributed by atoms with Crippen molar-refractivity contribution in [2.45, 2.75) is 13.8 Å². The fourth-order valence-electron chi connectivity index (χ4n) is 0. The van der Waals surface area contributed by atoms with Gasteiger partial charge in [0.25, 0.3) is 0 Å². The van der Waals surface area contributed by atoms with Crippen LogP contribution in [0.2, 0.25) is 0 Å². The summed E-state index contributed by atoms with van der Waals surface area (Å²) in [6.45, 7) is 7.54. The Morgan fingerprint density at radius 1 is 1.50 bits per heavy atom. The van der Waals surface area contributed by atoms with Crippen molar-refractivity contribution in [3.05, 3.63) is 17.4 Å². The maximum atomic E-state index is 3.96. The van der Waals surface area contributed by atoms with Gasteiger partial charge in [-0.05, 0) is 25.7 Å². The van der Waals surface area contributed by atoms with Crippen molar-refractivity contribution in [2.75, 3.05) is 0 Å². The van der Waals surface area contributed by atoms with Crippen LogP contribution in [0.4, 0.5) is 0 Å². The predicted molar refractivity (Wildman–Crippen MR) is 32.7 cm³/mol. The quantitative estimate of drug-likeness (QED) is 0.443. The highest BCUT2D eigenvalue weighted by Crippen LogP contribution is 2.02. The topological polar surface area (TPSA) is 0 Å². The highest BCUT2D eigenvalue weighted by atomic mass is 32.1. The predicted octanol–water partition coefficient (Wildman–Crippen LogP) is 2.04. The summed E-state index contributed by atoms with van der Waals surface area (Å²) in [5.74, 6) is 0. The highest BCUT2D eigenvalue weighted by molar-refractivity contribution is 7.84. The molecular weight excluding hydrogens is 92.1 g/mol. The fraction of sp³-hybridized carbons (Fsp3) is 0.400. The first-order valence-corrected chi connectivity index (χ1v) is 2.27. The molecule has 0 bridgehead atoms. The van der Waals surface area contributed by atoms with Crippen LogP contribution in [-0.2, 0) is 0 Å². The van der Waals surface area contributed by atoms with Crippen LogP contribution in [0.5, 0.6) is 0 Å². The van der Waals surface area contributed by atoms with Crippen LogP contribution in [0.3, 0.4) is 0 Å². The molecule has 0 aliphatic heterocycles. The van der Waals surface area contributed by atoms with Crippen molar-refractivity contribution < 1.29 is 0 Å². The second-order valence-corrected chi connectivity index (χ2v) is 1.99. The van der Waals surface area contributed by atoms with Crippen molar-refractivity contribution in [1.29, 1.82) is 0 Å². The van der Waals surface area contributed by atoms with Gasteiger partial charge < -0.3 is 0 Å². The first-order valence-electron chi connectivity index (χ1n) is 1.83. The van der Waals surface area contributed by atoms with Gasteiger partial charge in [0.15, 0.2) is 0 Å². The van der Waals surface area contributed by atoms with Crippen molar-refractivity contribution in [2.24, 2.45) is 0 Å². The minimum atomic E-state index is 0.870. The van der Waals surface area contributed by atoms with Crippen molar-refractivity contribution >= 4 is 12.6 Å². The third-order valence-corrected chi connectivity index (χ3v) is 1.02. The summed E-state index contributed by atoms with van der Waals surface area (Å²) in [5, 5.41) is 0. The molecule has 0 aliphatic carbocycles. The van der Waals surface area contributed by atoms with E-state index in [0.717, 1.165) is 4.91 Å². The molecule has 35 valence electrons. The van der Waals surface area contributed by atoms with E-state index >= 15 is 0 Å². The number of hydrogen-bond donors (Lipinski definition) is 1. The van der Waals surface area contributed by atoms with Gasteiger partial charge in [0, 0.05) is 0 Å². The molecule has 0 aromatic carbocycles. The minimum absolute atomic E-state index is 0.870. The molecule has 6 heavy (non-hydrogen) atoms. The molecule has 1 heteroatoms. The first kappa shape index (κ1) is 6.09. The molecule has 0 aromatic rings. The summed E-state index contributed by atoms with van der Waals surface area (Å²) in [5.41, 5.74) is 1.18. The molecule has 0 spiro atoms. The Hall–Kier alpha value is 0.0900. The fourth-order valence-corrected chi connectivity index (χ4v) is 0. The van der Waals surface area contributed by atoms with E-state index in [1.807, 2.05) is 13.8 Å². The van der Waals surface area contributed by atoms with Crippen molar-refractivity contribution in [3.63, 3.8) is 0 Å². The molecule has 0 nitrogen and oxygen atoms in total. The number of thiol groups is 1. The van der Waals surface area contributed by atoms with Gasteiger partial charge in [-0.2, -0.15) is 0 Å². The van der Waals surface area contributed by atoms with Gasteiger partial charge in [-0.3, -0.25) is 0 Å². The van der Waals surface area contributed by atoms with Crippen LogP contribution in [0.1, 0.15) is 13.8 Å². The molecule has 0 unspecified atom stereocenters. The largest absolute Gasteiger partial charge is 0.148 e. The lowest BCUT2D eigenvalue weighted by atomic mass is 10.3. The summed E-state index contributed by atoms with van der Waals surface area (Å²) < 4.78 is 0. The van der Waals surface area contributed by atoms with Crippen LogP contribution in [0.15, 0.2) is 10.5 Å². The number of allylic oxidation sites excluding steroid dienone is 2. The standard InChI is InChI=1S/C5H9S/c1-4(2)5(3)6/h6H,3H2,1-2H3. The minimum Gasteiger partial charge on any atom is -0.148 e. The Bertz CT molecular complexity index is 54.0. The van der Waals surface area contributed by atoms with Crippen LogP contribution in [0.25, 0.3) is 0 Å². The zero-order valence-corrected chi connectivity index (χ0v) is 5.05. The summed E-state index contributed by atoms with van der Waals surface area (Å²) in [6, 6.07) is 0. The van der Waals surface area contributed by atoms with Gasteiger partial charge in [0.2, 0.25) is 0 Å². The summed E-state index contributed by atoms with van der Waals surface area (Å²) in [4.78, 5) is 0.870. The van der Waals surface area contributed by atoms with E-state index in [9.17, 15) is 0 Å². The summed E-state index contributed by atoms with van der Waals surface area (Å²) in [6.07, 6.45) is 0. The zero-order chi connectivity index (χ0) is 5.15. The molecule has 0 rings (SSSR count). The SMILES string of the molecule is [CH2]C(S)=C(C)C. The monoisotopic (exact) mass is 101 g/mol. The Morgan fingerprint density at radius 2 is 1.67 bits per heavy atom. The highest BCUT2D eigenvalue weighted by Gasteiger charge is 1.76. The molecule has 0 aromatic heterocycles. The smallest absolute Gasteiger partial charge is 0.0176 e. The van der Waals surface area contributed by atoms with E-state index < -0.39 is 0 Å². The molecule has 1 radical (unpaired) electrons. The van der Waals surface area contributed by atoms with Gasteiger partial charge in [-0.1, -0.05) is 5.57 Å².